The first-order valence-corrected chi connectivity index (χ1v) is 7.04. The van der Waals surface area contributed by atoms with Gasteiger partial charge >= 0.3 is 0 Å². The van der Waals surface area contributed by atoms with Gasteiger partial charge in [-0.15, -0.1) is 0 Å². The number of imidazole rings is 1. The molecule has 0 radical (unpaired) electrons. The SMILES string of the molecule is S=c1[nH]c2ccccc2n1CCC1CCCCO1. The number of hydrogen-bond acceptors (Lipinski definition) is 2. The lowest BCUT2D eigenvalue weighted by Crippen LogP contribution is -2.20. The third kappa shape index (κ3) is 2.35. The molecule has 1 aliphatic heterocycles. The molecule has 1 fully saturated rings. The van der Waals surface area contributed by atoms with E-state index in [0.29, 0.717) is 6.10 Å². The van der Waals surface area contributed by atoms with Gasteiger partial charge in [0.15, 0.2) is 4.77 Å². The zero-order valence-electron chi connectivity index (χ0n) is 10.4. The highest BCUT2D eigenvalue weighted by Gasteiger charge is 2.14. The molecule has 3 nitrogen and oxygen atoms in total. The Hall–Kier alpha value is -1.13. The number of para-hydroxylation sites is 2. The van der Waals surface area contributed by atoms with Crippen molar-refractivity contribution in [3.63, 3.8) is 0 Å². The average Bonchev–Trinajstić information content (AvgIpc) is 2.73. The van der Waals surface area contributed by atoms with Gasteiger partial charge in [-0.05, 0) is 50.0 Å². The molecule has 1 aromatic carbocycles. The molecule has 0 spiro atoms. The Morgan fingerprint density at radius 2 is 2.22 bits per heavy atom. The molecule has 0 bridgehead atoms. The van der Waals surface area contributed by atoms with Crippen molar-refractivity contribution in [2.45, 2.75) is 38.3 Å². The maximum Gasteiger partial charge on any atom is 0.178 e. The summed E-state index contributed by atoms with van der Waals surface area (Å²) in [5.41, 5.74) is 2.31. The van der Waals surface area contributed by atoms with Gasteiger partial charge in [0.1, 0.15) is 0 Å². The Bertz CT molecular complexity index is 581. The molecule has 96 valence electrons. The molecule has 4 heteroatoms. The number of benzene rings is 1. The van der Waals surface area contributed by atoms with Crippen molar-refractivity contribution in [2.75, 3.05) is 6.61 Å². The molecule has 1 atom stereocenters. The smallest absolute Gasteiger partial charge is 0.178 e. The third-order valence-corrected chi connectivity index (χ3v) is 3.95. The second-order valence-electron chi connectivity index (χ2n) is 4.88. The first-order chi connectivity index (χ1) is 8.84. The van der Waals surface area contributed by atoms with E-state index in [9.17, 15) is 0 Å². The van der Waals surface area contributed by atoms with E-state index in [-0.39, 0.29) is 0 Å². The number of H-pyrrole nitrogens is 1. The van der Waals surface area contributed by atoms with Crippen LogP contribution < -0.4 is 0 Å². The van der Waals surface area contributed by atoms with Crippen LogP contribution in [0.3, 0.4) is 0 Å². The number of aromatic nitrogens is 2. The highest BCUT2D eigenvalue weighted by atomic mass is 32.1. The van der Waals surface area contributed by atoms with Crippen LogP contribution in [0, 0.1) is 4.77 Å². The second kappa shape index (κ2) is 5.24. The van der Waals surface area contributed by atoms with Gasteiger partial charge < -0.3 is 14.3 Å². The highest BCUT2D eigenvalue weighted by molar-refractivity contribution is 7.71. The lowest BCUT2D eigenvalue weighted by Gasteiger charge is -2.22. The Balaban J connectivity index is 1.77. The molecule has 2 heterocycles. The first kappa shape index (κ1) is 11.9. The predicted molar refractivity (Wildman–Crippen MR) is 75.3 cm³/mol. The Morgan fingerprint density at radius 1 is 1.33 bits per heavy atom. The van der Waals surface area contributed by atoms with Gasteiger partial charge in [0.05, 0.1) is 17.1 Å². The minimum absolute atomic E-state index is 0.411. The standard InChI is InChI=1S/C14H18N2OS/c18-14-15-12-6-1-2-7-13(12)16(14)9-8-11-5-3-4-10-17-11/h1-2,6-7,11H,3-5,8-10H2,(H,15,18). The first-order valence-electron chi connectivity index (χ1n) is 6.64. The van der Waals surface area contributed by atoms with Gasteiger partial charge in [0.2, 0.25) is 0 Å². The summed E-state index contributed by atoms with van der Waals surface area (Å²) >= 11 is 5.39. The molecule has 0 amide bonds. The average molecular weight is 262 g/mol. The molecule has 18 heavy (non-hydrogen) atoms. The van der Waals surface area contributed by atoms with Crippen LogP contribution in [0.2, 0.25) is 0 Å². The summed E-state index contributed by atoms with van der Waals surface area (Å²) < 4.78 is 8.77. The lowest BCUT2D eigenvalue weighted by atomic mass is 10.1. The summed E-state index contributed by atoms with van der Waals surface area (Å²) in [6.45, 7) is 1.86. The molecule has 1 N–H and O–H groups in total. The monoisotopic (exact) mass is 262 g/mol. The molecule has 1 saturated heterocycles. The fourth-order valence-electron chi connectivity index (χ4n) is 2.64. The van der Waals surface area contributed by atoms with Crippen molar-refractivity contribution in [1.82, 2.24) is 9.55 Å². The summed E-state index contributed by atoms with van der Waals surface area (Å²) in [5, 5.41) is 0. The van der Waals surface area contributed by atoms with Crippen LogP contribution in [-0.4, -0.2) is 22.3 Å². The molecule has 2 aromatic rings. The quantitative estimate of drug-likeness (QED) is 0.856. The molecule has 0 aliphatic carbocycles. The minimum Gasteiger partial charge on any atom is -0.378 e. The molecule has 1 aliphatic rings. The number of aryl methyl sites for hydroxylation is 1. The van der Waals surface area contributed by atoms with Crippen molar-refractivity contribution >= 4 is 23.3 Å². The Kier molecular flexibility index (Phi) is 3.48. The van der Waals surface area contributed by atoms with Gasteiger partial charge in [-0.25, -0.2) is 0 Å². The molecule has 3 rings (SSSR count). The number of aromatic amines is 1. The van der Waals surface area contributed by atoms with Gasteiger partial charge in [-0.3, -0.25) is 0 Å². The second-order valence-corrected chi connectivity index (χ2v) is 5.26. The third-order valence-electron chi connectivity index (χ3n) is 3.63. The van der Waals surface area contributed by atoms with E-state index in [4.69, 9.17) is 17.0 Å². The number of nitrogens with zero attached hydrogens (tertiary/aromatic N) is 1. The highest BCUT2D eigenvalue weighted by Crippen LogP contribution is 2.19. The van der Waals surface area contributed by atoms with E-state index < -0.39 is 0 Å². The van der Waals surface area contributed by atoms with E-state index in [1.54, 1.807) is 0 Å². The summed E-state index contributed by atoms with van der Waals surface area (Å²) in [5.74, 6) is 0. The summed E-state index contributed by atoms with van der Waals surface area (Å²) in [6.07, 6.45) is 5.16. The van der Waals surface area contributed by atoms with Crippen LogP contribution in [0.5, 0.6) is 0 Å². The largest absolute Gasteiger partial charge is 0.378 e. The normalized spacial score (nSPS) is 20.3. The maximum absolute atomic E-state index is 5.77. The van der Waals surface area contributed by atoms with Crippen LogP contribution in [0.25, 0.3) is 11.0 Å². The number of fused-ring (bicyclic) bond motifs is 1. The van der Waals surface area contributed by atoms with Gasteiger partial charge in [-0.1, -0.05) is 12.1 Å². The van der Waals surface area contributed by atoms with Crippen LogP contribution >= 0.6 is 12.2 Å². The number of nitrogens with one attached hydrogen (secondary N) is 1. The van der Waals surface area contributed by atoms with Crippen LogP contribution in [0.15, 0.2) is 24.3 Å². The zero-order valence-corrected chi connectivity index (χ0v) is 11.2. The molecular weight excluding hydrogens is 244 g/mol. The van der Waals surface area contributed by atoms with E-state index in [0.717, 1.165) is 29.9 Å². The lowest BCUT2D eigenvalue weighted by molar-refractivity contribution is 0.00892. The maximum atomic E-state index is 5.77. The number of hydrogen-bond donors (Lipinski definition) is 1. The summed E-state index contributed by atoms with van der Waals surface area (Å²) in [6, 6.07) is 8.27. The Labute approximate surface area is 112 Å². The topological polar surface area (TPSA) is 29.9 Å². The summed E-state index contributed by atoms with van der Waals surface area (Å²) in [4.78, 5) is 3.25. The molecular formula is C14H18N2OS. The van der Waals surface area contributed by atoms with Crippen molar-refractivity contribution in [3.05, 3.63) is 29.0 Å². The predicted octanol–water partition coefficient (Wildman–Crippen LogP) is 3.66. The molecule has 0 saturated carbocycles. The molecule has 1 aromatic heterocycles. The van der Waals surface area contributed by atoms with Crippen LogP contribution in [0.1, 0.15) is 25.7 Å². The van der Waals surface area contributed by atoms with Gasteiger partial charge in [0.25, 0.3) is 0 Å². The zero-order chi connectivity index (χ0) is 12.4. The fraction of sp³-hybridized carbons (Fsp3) is 0.500. The molecule has 1 unspecified atom stereocenters. The number of ether oxygens (including phenoxy) is 1. The van der Waals surface area contributed by atoms with E-state index in [1.165, 1.54) is 24.8 Å². The summed E-state index contributed by atoms with van der Waals surface area (Å²) in [7, 11) is 0. The van der Waals surface area contributed by atoms with Gasteiger partial charge in [0, 0.05) is 13.2 Å². The van der Waals surface area contributed by atoms with E-state index in [2.05, 4.69) is 27.8 Å². The van der Waals surface area contributed by atoms with E-state index >= 15 is 0 Å². The van der Waals surface area contributed by atoms with Crippen molar-refractivity contribution in [2.24, 2.45) is 0 Å². The van der Waals surface area contributed by atoms with Crippen LogP contribution in [0.4, 0.5) is 0 Å². The van der Waals surface area contributed by atoms with Crippen molar-refractivity contribution in [3.8, 4) is 0 Å². The van der Waals surface area contributed by atoms with Crippen molar-refractivity contribution in [1.29, 1.82) is 0 Å². The van der Waals surface area contributed by atoms with Gasteiger partial charge in [-0.2, -0.15) is 0 Å². The van der Waals surface area contributed by atoms with E-state index in [1.807, 2.05) is 6.07 Å². The Morgan fingerprint density at radius 3 is 3.06 bits per heavy atom. The minimum atomic E-state index is 0.411. The fourth-order valence-corrected chi connectivity index (χ4v) is 2.94. The van der Waals surface area contributed by atoms with Crippen LogP contribution in [-0.2, 0) is 11.3 Å². The van der Waals surface area contributed by atoms with Crippen molar-refractivity contribution < 1.29 is 4.74 Å². The number of rotatable bonds is 3.